The van der Waals surface area contributed by atoms with E-state index in [0.717, 1.165) is 70.7 Å². The van der Waals surface area contributed by atoms with Crippen LogP contribution in [-0.4, -0.2) is 54.2 Å². The molecule has 0 radical (unpaired) electrons. The van der Waals surface area contributed by atoms with Gasteiger partial charge in [-0.1, -0.05) is 53.5 Å². The van der Waals surface area contributed by atoms with E-state index in [9.17, 15) is 4.79 Å². The summed E-state index contributed by atoms with van der Waals surface area (Å²) in [6.07, 6.45) is 5.01. The smallest absolute Gasteiger partial charge is 0.223 e. The van der Waals surface area contributed by atoms with Crippen molar-refractivity contribution >= 4 is 29.1 Å². The maximum atomic E-state index is 12.0. The Morgan fingerprint density at radius 2 is 1.90 bits per heavy atom. The molecule has 1 saturated heterocycles. The first-order valence-electron chi connectivity index (χ1n) is 14.0. The summed E-state index contributed by atoms with van der Waals surface area (Å²) in [6, 6.07) is 15.8. The Kier molecular flexibility index (Phi) is 8.58. The number of carbonyl (C=O) groups is 1. The molecule has 216 valence electrons. The van der Waals surface area contributed by atoms with Gasteiger partial charge in [-0.3, -0.25) is 15.1 Å². The highest BCUT2D eigenvalue weighted by Gasteiger charge is 2.21. The molecule has 0 unspecified atom stereocenters. The van der Waals surface area contributed by atoms with E-state index in [-0.39, 0.29) is 5.91 Å². The zero-order chi connectivity index (χ0) is 29.1. The van der Waals surface area contributed by atoms with Crippen LogP contribution in [0.5, 0.6) is 11.6 Å². The van der Waals surface area contributed by atoms with Gasteiger partial charge in [-0.25, -0.2) is 4.98 Å². The second-order valence-electron chi connectivity index (χ2n) is 10.3. The Hall–Kier alpha value is -3.69. The molecule has 1 amide bonds. The third-order valence-electron chi connectivity index (χ3n) is 7.59. The number of methoxy groups -OCH3 is 1. The first-order chi connectivity index (χ1) is 20.5. The van der Waals surface area contributed by atoms with Crippen LogP contribution in [0.3, 0.4) is 0 Å². The van der Waals surface area contributed by atoms with Crippen molar-refractivity contribution in [3.63, 3.8) is 0 Å². The third kappa shape index (κ3) is 5.80. The number of benzene rings is 2. The monoisotopic (exact) mass is 603 g/mol. The number of pyridine rings is 2. The van der Waals surface area contributed by atoms with Crippen LogP contribution < -0.4 is 20.1 Å². The summed E-state index contributed by atoms with van der Waals surface area (Å²) in [5.74, 6) is 1.54. The molecule has 2 aliphatic heterocycles. The summed E-state index contributed by atoms with van der Waals surface area (Å²) in [7, 11) is 1.60. The van der Waals surface area contributed by atoms with E-state index >= 15 is 0 Å². The van der Waals surface area contributed by atoms with Crippen molar-refractivity contribution in [3.8, 4) is 45.1 Å². The molecule has 0 aliphatic carbocycles. The molecule has 8 nitrogen and oxygen atoms in total. The standard InChI is InChI=1S/C32H31Cl2N5O3/c1-41-32-23(17-36-19-39-12-3-6-28(39)40)14-22(18-38-32)24-4-2-5-25(29(24)33)26-9-10-37-31(30(26)34)20-7-8-21-16-35-11-13-42-27(21)15-20/h2,4-5,7-10,14-15,18,35-36H,3,6,11-13,16-17,19H2,1H3. The van der Waals surface area contributed by atoms with Gasteiger partial charge in [0.2, 0.25) is 11.8 Å². The Labute approximate surface area is 255 Å². The van der Waals surface area contributed by atoms with Crippen molar-refractivity contribution < 1.29 is 14.3 Å². The van der Waals surface area contributed by atoms with Crippen LogP contribution in [0.2, 0.25) is 10.0 Å². The molecule has 4 aromatic rings. The topological polar surface area (TPSA) is 88.6 Å². The number of likely N-dealkylation sites (tertiary alicyclic amines) is 1. The number of carbonyl (C=O) groups excluding carboxylic acids is 1. The molecule has 42 heavy (non-hydrogen) atoms. The van der Waals surface area contributed by atoms with E-state index in [0.29, 0.717) is 47.9 Å². The predicted molar refractivity (Wildman–Crippen MR) is 165 cm³/mol. The van der Waals surface area contributed by atoms with Crippen LogP contribution in [0.1, 0.15) is 24.0 Å². The molecule has 1 fully saturated rings. The van der Waals surface area contributed by atoms with E-state index in [1.807, 2.05) is 53.4 Å². The molecular formula is C32H31Cl2N5O3. The maximum absolute atomic E-state index is 12.0. The van der Waals surface area contributed by atoms with Gasteiger partial charge in [-0.2, -0.15) is 0 Å². The van der Waals surface area contributed by atoms with Gasteiger partial charge in [0, 0.05) is 83.9 Å². The molecule has 2 aromatic heterocycles. The summed E-state index contributed by atoms with van der Waals surface area (Å²) in [4.78, 5) is 22.9. The molecule has 2 aliphatic rings. The molecule has 6 rings (SSSR count). The van der Waals surface area contributed by atoms with E-state index in [4.69, 9.17) is 32.7 Å². The second-order valence-corrected chi connectivity index (χ2v) is 11.0. The molecule has 4 heterocycles. The number of nitrogens with zero attached hydrogens (tertiary/aromatic N) is 3. The van der Waals surface area contributed by atoms with Crippen LogP contribution in [-0.2, 0) is 17.9 Å². The van der Waals surface area contributed by atoms with Gasteiger partial charge in [0.05, 0.1) is 29.5 Å². The lowest BCUT2D eigenvalue weighted by atomic mass is 9.97. The second kappa shape index (κ2) is 12.7. The summed E-state index contributed by atoms with van der Waals surface area (Å²) < 4.78 is 11.5. The van der Waals surface area contributed by atoms with Crippen molar-refractivity contribution in [2.24, 2.45) is 0 Å². The summed E-state index contributed by atoms with van der Waals surface area (Å²) in [5, 5.41) is 7.77. The fraction of sp³-hybridized carbons (Fsp3) is 0.281. The van der Waals surface area contributed by atoms with Crippen molar-refractivity contribution in [1.82, 2.24) is 25.5 Å². The molecule has 2 N–H and O–H groups in total. The van der Waals surface area contributed by atoms with Gasteiger partial charge in [-0.15, -0.1) is 0 Å². The summed E-state index contributed by atoms with van der Waals surface area (Å²) in [5.41, 5.74) is 6.75. The van der Waals surface area contributed by atoms with Gasteiger partial charge in [-0.05, 0) is 24.6 Å². The zero-order valence-electron chi connectivity index (χ0n) is 23.3. The number of rotatable bonds is 8. The number of hydrogen-bond acceptors (Lipinski definition) is 7. The molecule has 0 atom stereocenters. The SMILES string of the molecule is COc1ncc(-c2cccc(-c3ccnc(-c4ccc5c(c4)OCCNC5)c3Cl)c2Cl)cc1CNCN1CCCC1=O. The number of nitrogens with one attached hydrogen (secondary N) is 2. The maximum Gasteiger partial charge on any atom is 0.223 e. The van der Waals surface area contributed by atoms with Crippen molar-refractivity contribution in [1.29, 1.82) is 0 Å². The first-order valence-corrected chi connectivity index (χ1v) is 14.7. The van der Waals surface area contributed by atoms with Gasteiger partial charge < -0.3 is 19.7 Å². The number of halogens is 2. The minimum atomic E-state index is 0.176. The van der Waals surface area contributed by atoms with Crippen LogP contribution in [0, 0.1) is 0 Å². The largest absolute Gasteiger partial charge is 0.492 e. The Morgan fingerprint density at radius 3 is 2.74 bits per heavy atom. The molecule has 0 spiro atoms. The average molecular weight is 605 g/mol. The lowest BCUT2D eigenvalue weighted by Crippen LogP contribution is -2.34. The van der Waals surface area contributed by atoms with Crippen LogP contribution in [0.4, 0.5) is 0 Å². The molecule has 0 bridgehead atoms. The van der Waals surface area contributed by atoms with E-state index < -0.39 is 0 Å². The highest BCUT2D eigenvalue weighted by atomic mass is 35.5. The number of fused-ring (bicyclic) bond motifs is 1. The van der Waals surface area contributed by atoms with Gasteiger partial charge >= 0.3 is 0 Å². The fourth-order valence-electron chi connectivity index (χ4n) is 5.41. The Balaban J connectivity index is 1.30. The summed E-state index contributed by atoms with van der Waals surface area (Å²) in [6.45, 7) is 3.92. The van der Waals surface area contributed by atoms with Crippen molar-refractivity contribution in [2.45, 2.75) is 25.9 Å². The first kappa shape index (κ1) is 28.4. The summed E-state index contributed by atoms with van der Waals surface area (Å²) >= 11 is 14.1. The molecule has 2 aromatic carbocycles. The number of hydrogen-bond donors (Lipinski definition) is 2. The third-order valence-corrected chi connectivity index (χ3v) is 8.38. The van der Waals surface area contributed by atoms with E-state index in [1.165, 1.54) is 0 Å². The Morgan fingerprint density at radius 1 is 1.05 bits per heavy atom. The molecule has 0 saturated carbocycles. The van der Waals surface area contributed by atoms with Gasteiger partial charge in [0.25, 0.3) is 0 Å². The normalized spacial score (nSPS) is 14.8. The van der Waals surface area contributed by atoms with E-state index in [1.54, 1.807) is 19.5 Å². The minimum Gasteiger partial charge on any atom is -0.492 e. The van der Waals surface area contributed by atoms with Crippen LogP contribution >= 0.6 is 23.2 Å². The van der Waals surface area contributed by atoms with Crippen LogP contribution in [0.15, 0.2) is 60.9 Å². The Bertz CT molecular complexity index is 1630. The van der Waals surface area contributed by atoms with E-state index in [2.05, 4.69) is 20.6 Å². The fourth-order valence-corrected chi connectivity index (χ4v) is 6.07. The van der Waals surface area contributed by atoms with Crippen LogP contribution in [0.25, 0.3) is 33.5 Å². The average Bonchev–Trinajstić information content (AvgIpc) is 3.27. The number of aromatic nitrogens is 2. The highest BCUT2D eigenvalue weighted by Crippen LogP contribution is 2.42. The lowest BCUT2D eigenvalue weighted by molar-refractivity contribution is -0.128. The van der Waals surface area contributed by atoms with Crippen molar-refractivity contribution in [3.05, 3.63) is 82.1 Å². The highest BCUT2D eigenvalue weighted by molar-refractivity contribution is 6.39. The number of amides is 1. The predicted octanol–water partition coefficient (Wildman–Crippen LogP) is 5.94. The molecular weight excluding hydrogens is 573 g/mol. The lowest BCUT2D eigenvalue weighted by Gasteiger charge is -2.18. The van der Waals surface area contributed by atoms with Crippen molar-refractivity contribution in [2.75, 3.05) is 33.5 Å². The minimum absolute atomic E-state index is 0.176. The molecule has 10 heteroatoms. The quantitative estimate of drug-likeness (QED) is 0.257. The number of ether oxygens (including phenoxy) is 2. The zero-order valence-corrected chi connectivity index (χ0v) is 24.8. The van der Waals surface area contributed by atoms with Gasteiger partial charge in [0.15, 0.2) is 0 Å². The van der Waals surface area contributed by atoms with Gasteiger partial charge in [0.1, 0.15) is 12.4 Å².